The predicted molar refractivity (Wildman–Crippen MR) is 90.7 cm³/mol. The normalized spacial score (nSPS) is 16.9. The fourth-order valence-electron chi connectivity index (χ4n) is 3.20. The molecule has 0 bridgehead atoms. The number of rotatable bonds is 4. The van der Waals surface area contributed by atoms with Crippen molar-refractivity contribution in [3.05, 3.63) is 53.6 Å². The SMILES string of the molecule is COc1ccc(OC)c([C@@H]2CCCN2C(=O)c2ccc(O)cc2)c1. The second-order valence-electron chi connectivity index (χ2n) is 5.81. The van der Waals surface area contributed by atoms with Crippen LogP contribution in [0.3, 0.4) is 0 Å². The summed E-state index contributed by atoms with van der Waals surface area (Å²) in [6.45, 7) is 0.699. The molecule has 126 valence electrons. The minimum absolute atomic E-state index is 0.0395. The topological polar surface area (TPSA) is 59.0 Å². The van der Waals surface area contributed by atoms with E-state index in [2.05, 4.69) is 0 Å². The Balaban J connectivity index is 1.93. The lowest BCUT2D eigenvalue weighted by atomic mass is 10.0. The van der Waals surface area contributed by atoms with Gasteiger partial charge in [0, 0.05) is 17.7 Å². The van der Waals surface area contributed by atoms with Gasteiger partial charge >= 0.3 is 0 Å². The number of hydrogen-bond acceptors (Lipinski definition) is 4. The standard InChI is InChI=1S/C19H21NO4/c1-23-15-9-10-18(24-2)16(12-15)17-4-3-11-20(17)19(22)13-5-7-14(21)8-6-13/h5-10,12,17,21H,3-4,11H2,1-2H3/t17-/m0/s1. The van der Waals surface area contributed by atoms with Crippen LogP contribution < -0.4 is 9.47 Å². The first-order valence-corrected chi connectivity index (χ1v) is 7.96. The zero-order chi connectivity index (χ0) is 17.1. The molecule has 1 aliphatic rings. The van der Waals surface area contributed by atoms with E-state index in [9.17, 15) is 9.90 Å². The maximum atomic E-state index is 12.9. The van der Waals surface area contributed by atoms with Crippen LogP contribution in [0.5, 0.6) is 17.2 Å². The van der Waals surface area contributed by atoms with Crippen molar-refractivity contribution >= 4 is 5.91 Å². The number of benzene rings is 2. The molecule has 0 saturated carbocycles. The average Bonchev–Trinajstić information content (AvgIpc) is 3.10. The maximum absolute atomic E-state index is 12.9. The summed E-state index contributed by atoms with van der Waals surface area (Å²) >= 11 is 0. The molecular weight excluding hydrogens is 306 g/mol. The summed E-state index contributed by atoms with van der Waals surface area (Å²) in [4.78, 5) is 14.7. The highest BCUT2D eigenvalue weighted by Gasteiger charge is 2.32. The summed E-state index contributed by atoms with van der Waals surface area (Å²) in [7, 11) is 3.26. The molecule has 5 heteroatoms. The van der Waals surface area contributed by atoms with Gasteiger partial charge in [0.15, 0.2) is 0 Å². The number of phenolic OH excluding ortho intramolecular Hbond substituents is 1. The van der Waals surface area contributed by atoms with Gasteiger partial charge in [-0.25, -0.2) is 0 Å². The lowest BCUT2D eigenvalue weighted by molar-refractivity contribution is 0.0734. The molecule has 1 amide bonds. The molecule has 24 heavy (non-hydrogen) atoms. The number of nitrogens with zero attached hydrogens (tertiary/aromatic N) is 1. The van der Waals surface area contributed by atoms with E-state index in [-0.39, 0.29) is 17.7 Å². The van der Waals surface area contributed by atoms with Gasteiger partial charge in [0.2, 0.25) is 0 Å². The van der Waals surface area contributed by atoms with Crippen LogP contribution in [0.1, 0.15) is 34.8 Å². The second-order valence-corrected chi connectivity index (χ2v) is 5.81. The predicted octanol–water partition coefficient (Wildman–Crippen LogP) is 3.39. The van der Waals surface area contributed by atoms with Gasteiger partial charge in [0.25, 0.3) is 5.91 Å². The molecule has 1 aliphatic heterocycles. The zero-order valence-corrected chi connectivity index (χ0v) is 13.9. The number of amides is 1. The largest absolute Gasteiger partial charge is 0.508 e. The molecule has 0 unspecified atom stereocenters. The summed E-state index contributed by atoms with van der Waals surface area (Å²) in [6.07, 6.45) is 1.82. The smallest absolute Gasteiger partial charge is 0.254 e. The fourth-order valence-corrected chi connectivity index (χ4v) is 3.20. The van der Waals surface area contributed by atoms with Crippen LogP contribution in [0.15, 0.2) is 42.5 Å². The number of carbonyl (C=O) groups excluding carboxylic acids is 1. The molecule has 1 fully saturated rings. The van der Waals surface area contributed by atoms with Crippen molar-refractivity contribution in [2.75, 3.05) is 20.8 Å². The van der Waals surface area contributed by atoms with E-state index in [1.54, 1.807) is 26.4 Å². The minimum Gasteiger partial charge on any atom is -0.508 e. The fraction of sp³-hybridized carbons (Fsp3) is 0.316. The second kappa shape index (κ2) is 6.83. The Labute approximate surface area is 141 Å². The molecule has 2 aromatic carbocycles. The quantitative estimate of drug-likeness (QED) is 0.935. The van der Waals surface area contributed by atoms with E-state index in [4.69, 9.17) is 9.47 Å². The van der Waals surface area contributed by atoms with Crippen LogP contribution in [-0.2, 0) is 0 Å². The van der Waals surface area contributed by atoms with E-state index in [0.717, 1.165) is 29.9 Å². The van der Waals surface area contributed by atoms with Crippen molar-refractivity contribution < 1.29 is 19.4 Å². The van der Waals surface area contributed by atoms with Gasteiger partial charge < -0.3 is 19.5 Å². The van der Waals surface area contributed by atoms with E-state index in [0.29, 0.717) is 12.1 Å². The van der Waals surface area contributed by atoms with Gasteiger partial charge in [-0.3, -0.25) is 4.79 Å². The lowest BCUT2D eigenvalue weighted by Crippen LogP contribution is -2.30. The summed E-state index contributed by atoms with van der Waals surface area (Å²) in [5.41, 5.74) is 1.53. The lowest BCUT2D eigenvalue weighted by Gasteiger charge is -2.26. The summed E-state index contributed by atoms with van der Waals surface area (Å²) < 4.78 is 10.8. The van der Waals surface area contributed by atoms with Crippen molar-refractivity contribution in [2.45, 2.75) is 18.9 Å². The monoisotopic (exact) mass is 327 g/mol. The average molecular weight is 327 g/mol. The van der Waals surface area contributed by atoms with Crippen molar-refractivity contribution in [1.82, 2.24) is 4.90 Å². The van der Waals surface area contributed by atoms with Crippen LogP contribution in [-0.4, -0.2) is 36.7 Å². The Morgan fingerprint density at radius 1 is 1.12 bits per heavy atom. The first-order valence-electron chi connectivity index (χ1n) is 7.96. The first-order chi connectivity index (χ1) is 11.6. The highest BCUT2D eigenvalue weighted by Crippen LogP contribution is 2.39. The first kappa shape index (κ1) is 16.2. The van der Waals surface area contributed by atoms with Gasteiger partial charge in [0.1, 0.15) is 17.2 Å². The maximum Gasteiger partial charge on any atom is 0.254 e. The number of aromatic hydroxyl groups is 1. The highest BCUT2D eigenvalue weighted by molar-refractivity contribution is 5.94. The van der Waals surface area contributed by atoms with Gasteiger partial charge in [-0.05, 0) is 55.3 Å². The Morgan fingerprint density at radius 3 is 2.54 bits per heavy atom. The Morgan fingerprint density at radius 2 is 1.88 bits per heavy atom. The Hall–Kier alpha value is -2.69. The van der Waals surface area contributed by atoms with Crippen molar-refractivity contribution in [2.24, 2.45) is 0 Å². The van der Waals surface area contributed by atoms with E-state index in [1.165, 1.54) is 12.1 Å². The summed E-state index contributed by atoms with van der Waals surface area (Å²) in [5, 5.41) is 9.40. The molecule has 1 heterocycles. The molecule has 3 rings (SSSR count). The number of phenols is 1. The number of likely N-dealkylation sites (tertiary alicyclic amines) is 1. The molecule has 1 atom stereocenters. The van der Waals surface area contributed by atoms with Crippen molar-refractivity contribution in [3.8, 4) is 17.2 Å². The summed E-state index contributed by atoms with van der Waals surface area (Å²) in [6, 6.07) is 12.0. The van der Waals surface area contributed by atoms with Crippen LogP contribution in [0.2, 0.25) is 0 Å². The summed E-state index contributed by atoms with van der Waals surface area (Å²) in [5.74, 6) is 1.61. The van der Waals surface area contributed by atoms with Crippen molar-refractivity contribution in [1.29, 1.82) is 0 Å². The Kier molecular flexibility index (Phi) is 4.60. The molecule has 1 saturated heterocycles. The Bertz CT molecular complexity index is 727. The van der Waals surface area contributed by atoms with E-state index < -0.39 is 0 Å². The number of methoxy groups -OCH3 is 2. The number of hydrogen-bond donors (Lipinski definition) is 1. The third-order valence-corrected chi connectivity index (χ3v) is 4.42. The molecule has 5 nitrogen and oxygen atoms in total. The highest BCUT2D eigenvalue weighted by atomic mass is 16.5. The molecule has 0 aliphatic carbocycles. The molecule has 2 aromatic rings. The van der Waals surface area contributed by atoms with Crippen LogP contribution >= 0.6 is 0 Å². The van der Waals surface area contributed by atoms with Crippen molar-refractivity contribution in [3.63, 3.8) is 0 Å². The zero-order valence-electron chi connectivity index (χ0n) is 13.9. The third-order valence-electron chi connectivity index (χ3n) is 4.42. The van der Waals surface area contributed by atoms with E-state index >= 15 is 0 Å². The number of carbonyl (C=O) groups is 1. The molecular formula is C19H21NO4. The third kappa shape index (κ3) is 3.02. The number of ether oxygens (including phenoxy) is 2. The molecule has 1 N–H and O–H groups in total. The van der Waals surface area contributed by atoms with E-state index in [1.807, 2.05) is 23.1 Å². The van der Waals surface area contributed by atoms with Gasteiger partial charge in [-0.1, -0.05) is 0 Å². The van der Waals surface area contributed by atoms with Crippen LogP contribution in [0, 0.1) is 0 Å². The molecule has 0 aromatic heterocycles. The molecule has 0 spiro atoms. The molecule has 0 radical (unpaired) electrons. The van der Waals surface area contributed by atoms with Gasteiger partial charge in [0.05, 0.1) is 20.3 Å². The van der Waals surface area contributed by atoms with Crippen LogP contribution in [0.25, 0.3) is 0 Å². The van der Waals surface area contributed by atoms with Gasteiger partial charge in [-0.2, -0.15) is 0 Å². The minimum atomic E-state index is -0.0450. The van der Waals surface area contributed by atoms with Crippen LogP contribution in [0.4, 0.5) is 0 Å². The van der Waals surface area contributed by atoms with Gasteiger partial charge in [-0.15, -0.1) is 0 Å².